The van der Waals surface area contributed by atoms with Crippen LogP contribution in [0.1, 0.15) is 187 Å². The van der Waals surface area contributed by atoms with Crippen molar-refractivity contribution in [1.82, 2.24) is 5.32 Å². The molecule has 72 heavy (non-hydrogen) atoms. The van der Waals surface area contributed by atoms with E-state index in [4.69, 9.17) is 28.4 Å². The van der Waals surface area contributed by atoms with Crippen LogP contribution in [0.3, 0.4) is 0 Å². The highest BCUT2D eigenvalue weighted by atomic mass is 16.8. The quantitative estimate of drug-likeness (QED) is 0.0309. The largest absolute Gasteiger partial charge is 0.394 e. The van der Waals surface area contributed by atoms with Crippen molar-refractivity contribution in [3.05, 3.63) is 12.2 Å². The van der Waals surface area contributed by atoms with Crippen LogP contribution in [0.15, 0.2) is 12.2 Å². The Kier molecular flexibility index (Phi) is 34.3. The molecule has 3 aliphatic rings. The lowest BCUT2D eigenvalue weighted by atomic mass is 9.96. The molecule has 3 rings (SSSR count). The zero-order valence-corrected chi connectivity index (χ0v) is 43.7. The van der Waals surface area contributed by atoms with Crippen LogP contribution in [-0.2, 0) is 33.2 Å². The highest BCUT2D eigenvalue weighted by Gasteiger charge is 2.53. The molecule has 3 saturated heterocycles. The molecule has 3 heterocycles. The fraction of sp³-hybridized carbons (Fsp3) is 0.943. The Morgan fingerprint density at radius 3 is 1.31 bits per heavy atom. The number of aliphatic hydroxyl groups is 11. The van der Waals surface area contributed by atoms with Crippen molar-refractivity contribution in [3.8, 4) is 0 Å². The number of amides is 1. The predicted molar refractivity (Wildman–Crippen MR) is 268 cm³/mol. The van der Waals surface area contributed by atoms with Gasteiger partial charge in [0.15, 0.2) is 18.9 Å². The summed E-state index contributed by atoms with van der Waals surface area (Å²) in [6, 6.07) is -0.965. The Morgan fingerprint density at radius 2 is 0.861 bits per heavy atom. The van der Waals surface area contributed by atoms with Gasteiger partial charge >= 0.3 is 0 Å². The summed E-state index contributed by atoms with van der Waals surface area (Å²) in [5.74, 6) is -0.276. The zero-order valence-electron chi connectivity index (χ0n) is 43.7. The second-order valence-corrected chi connectivity index (χ2v) is 20.4. The third kappa shape index (κ3) is 23.0. The lowest BCUT2D eigenvalue weighted by Gasteiger charge is -2.48. The molecule has 3 aliphatic heterocycles. The SMILES string of the molecule is CCCCCCCCCCCCC/C=C/[C@@H](O)[C@H](CO[C@@H]1O[C@H](CO)[C@@H](O[C@@H]2O[C@H](CO)[C@H](O[C@H]3O[C@H](CO)[C@H](O)[C@H](O)[C@H]3O)[C@H](O)[C@H]2O)[C@H](O)[C@H]1O)NC(=O)CCCCCCCCCCCCCCCC. The summed E-state index contributed by atoms with van der Waals surface area (Å²) in [4.78, 5) is 13.3. The predicted octanol–water partition coefficient (Wildman–Crippen LogP) is 3.43. The van der Waals surface area contributed by atoms with Gasteiger partial charge in [-0.1, -0.05) is 174 Å². The van der Waals surface area contributed by atoms with Gasteiger partial charge in [0, 0.05) is 6.42 Å². The molecular weight excluding hydrogens is 939 g/mol. The molecule has 17 atom stereocenters. The highest BCUT2D eigenvalue weighted by molar-refractivity contribution is 5.76. The molecule has 0 spiro atoms. The Hall–Kier alpha value is -1.47. The maximum atomic E-state index is 13.3. The number of rotatable bonds is 40. The molecule has 19 nitrogen and oxygen atoms in total. The van der Waals surface area contributed by atoms with Crippen molar-refractivity contribution in [1.29, 1.82) is 0 Å². The van der Waals surface area contributed by atoms with E-state index in [1.54, 1.807) is 6.08 Å². The van der Waals surface area contributed by atoms with Crippen molar-refractivity contribution < 1.29 is 89.4 Å². The van der Waals surface area contributed by atoms with Gasteiger partial charge in [-0.2, -0.15) is 0 Å². The van der Waals surface area contributed by atoms with E-state index < -0.39 is 124 Å². The van der Waals surface area contributed by atoms with Crippen molar-refractivity contribution in [3.63, 3.8) is 0 Å². The van der Waals surface area contributed by atoms with E-state index >= 15 is 0 Å². The van der Waals surface area contributed by atoms with Crippen molar-refractivity contribution in [2.24, 2.45) is 0 Å². The summed E-state index contributed by atoms with van der Waals surface area (Å²) in [5.41, 5.74) is 0. The molecule has 0 saturated carbocycles. The van der Waals surface area contributed by atoms with Gasteiger partial charge in [0.25, 0.3) is 0 Å². The van der Waals surface area contributed by atoms with Crippen LogP contribution in [0.5, 0.6) is 0 Å². The molecular formula is C53H99NO18. The summed E-state index contributed by atoms with van der Waals surface area (Å²) in [6.07, 6.45) is 7.71. The second kappa shape index (κ2) is 38.1. The summed E-state index contributed by atoms with van der Waals surface area (Å²) in [7, 11) is 0. The number of hydrogen-bond acceptors (Lipinski definition) is 18. The van der Waals surface area contributed by atoms with Crippen molar-refractivity contribution in [2.75, 3.05) is 26.4 Å². The minimum Gasteiger partial charge on any atom is -0.394 e. The van der Waals surface area contributed by atoms with Crippen LogP contribution in [0.2, 0.25) is 0 Å². The molecule has 0 aromatic rings. The normalized spacial score (nSPS) is 32.0. The number of aliphatic hydroxyl groups excluding tert-OH is 11. The molecule has 424 valence electrons. The first-order valence-corrected chi connectivity index (χ1v) is 27.9. The standard InChI is InChI=1S/C53H99NO18/c1-3-5-7-9-11-13-15-17-19-21-23-25-27-29-31-41(59)54-36(37(58)30-28-26-24-22-20-18-16-14-12-10-8-6-4-2)35-67-51-47(65)44(62)49(39(33-56)69-51)72-53-48(66)45(63)50(40(34-57)70-53)71-52-46(64)43(61)42(60)38(32-55)68-52/h28,30,36-40,42-53,55-58,60-66H,3-27,29,31-35H2,1-2H3,(H,54,59)/b30-28+/t36-,37+,38+,39+,40+,42-,43-,44+,45+,46+,47+,48+,49+,50-,51+,52+,53-/m0/s1. The number of hydrogen-bond donors (Lipinski definition) is 12. The maximum absolute atomic E-state index is 13.3. The number of carbonyl (C=O) groups is 1. The minimum atomic E-state index is -1.97. The van der Waals surface area contributed by atoms with Gasteiger partial charge in [-0.3, -0.25) is 4.79 Å². The van der Waals surface area contributed by atoms with E-state index in [9.17, 15) is 61.0 Å². The maximum Gasteiger partial charge on any atom is 0.220 e. The average molecular weight is 1040 g/mol. The van der Waals surface area contributed by atoms with Gasteiger partial charge in [0.05, 0.1) is 38.6 Å². The van der Waals surface area contributed by atoms with Crippen molar-refractivity contribution >= 4 is 5.91 Å². The average Bonchev–Trinajstić information content (AvgIpc) is 3.37. The molecule has 0 bridgehead atoms. The third-order valence-electron chi connectivity index (χ3n) is 14.3. The molecule has 12 N–H and O–H groups in total. The van der Waals surface area contributed by atoms with Gasteiger partial charge in [-0.05, 0) is 19.3 Å². The van der Waals surface area contributed by atoms with Crippen LogP contribution in [0, 0.1) is 0 Å². The Morgan fingerprint density at radius 1 is 0.486 bits per heavy atom. The van der Waals surface area contributed by atoms with Crippen LogP contribution < -0.4 is 5.32 Å². The molecule has 0 radical (unpaired) electrons. The van der Waals surface area contributed by atoms with E-state index in [-0.39, 0.29) is 18.9 Å². The lowest BCUT2D eigenvalue weighted by molar-refractivity contribution is -0.379. The summed E-state index contributed by atoms with van der Waals surface area (Å²) >= 11 is 0. The number of allylic oxidation sites excluding steroid dienone is 1. The fourth-order valence-corrected chi connectivity index (χ4v) is 9.66. The highest BCUT2D eigenvalue weighted by Crippen LogP contribution is 2.33. The number of nitrogens with one attached hydrogen (secondary N) is 1. The second-order valence-electron chi connectivity index (χ2n) is 20.4. The number of ether oxygens (including phenoxy) is 6. The zero-order chi connectivity index (χ0) is 52.7. The first-order chi connectivity index (χ1) is 34.8. The summed E-state index contributed by atoms with van der Waals surface area (Å²) in [6.45, 7) is 1.70. The first-order valence-electron chi connectivity index (χ1n) is 27.9. The Balaban J connectivity index is 1.54. The monoisotopic (exact) mass is 1040 g/mol. The third-order valence-corrected chi connectivity index (χ3v) is 14.3. The van der Waals surface area contributed by atoms with E-state index in [0.717, 1.165) is 44.9 Å². The van der Waals surface area contributed by atoms with Gasteiger partial charge in [-0.15, -0.1) is 0 Å². The van der Waals surface area contributed by atoms with Crippen LogP contribution in [0.25, 0.3) is 0 Å². The fourth-order valence-electron chi connectivity index (χ4n) is 9.66. The van der Waals surface area contributed by atoms with Crippen LogP contribution >= 0.6 is 0 Å². The van der Waals surface area contributed by atoms with E-state index in [0.29, 0.717) is 6.42 Å². The Labute approximate surface area is 429 Å². The molecule has 1 amide bonds. The van der Waals surface area contributed by atoms with E-state index in [2.05, 4.69) is 19.2 Å². The van der Waals surface area contributed by atoms with Crippen molar-refractivity contribution in [2.45, 2.75) is 291 Å². The molecule has 0 aromatic heterocycles. The van der Waals surface area contributed by atoms with Gasteiger partial charge in [-0.25, -0.2) is 0 Å². The minimum absolute atomic E-state index is 0.248. The van der Waals surface area contributed by atoms with Crippen LogP contribution in [-0.4, -0.2) is 193 Å². The van der Waals surface area contributed by atoms with Crippen LogP contribution in [0.4, 0.5) is 0 Å². The first kappa shape index (κ1) is 64.8. The van der Waals surface area contributed by atoms with Gasteiger partial charge in [0.1, 0.15) is 73.2 Å². The lowest BCUT2D eigenvalue weighted by Crippen LogP contribution is -2.66. The van der Waals surface area contributed by atoms with E-state index in [1.165, 1.54) is 116 Å². The Bertz CT molecular complexity index is 1380. The molecule has 0 unspecified atom stereocenters. The smallest absolute Gasteiger partial charge is 0.220 e. The van der Waals surface area contributed by atoms with Gasteiger partial charge < -0.3 is 89.9 Å². The molecule has 0 aliphatic carbocycles. The van der Waals surface area contributed by atoms with Gasteiger partial charge in [0.2, 0.25) is 5.91 Å². The molecule has 0 aromatic carbocycles. The summed E-state index contributed by atoms with van der Waals surface area (Å²) < 4.78 is 34.2. The summed E-state index contributed by atoms with van der Waals surface area (Å²) in [5, 5.41) is 120. The number of carbonyl (C=O) groups excluding carboxylic acids is 1. The van der Waals surface area contributed by atoms with E-state index in [1.807, 2.05) is 6.08 Å². The topological polar surface area (TPSA) is 307 Å². The molecule has 3 fully saturated rings. The number of unbranched alkanes of at least 4 members (excludes halogenated alkanes) is 24. The molecule has 19 heteroatoms.